The first-order valence-corrected chi connectivity index (χ1v) is 10.3. The van der Waals surface area contributed by atoms with E-state index in [9.17, 15) is 4.79 Å². The summed E-state index contributed by atoms with van der Waals surface area (Å²) < 4.78 is 5.07. The summed E-state index contributed by atoms with van der Waals surface area (Å²) in [5.41, 5.74) is 3.30. The number of pyridine rings is 1. The third-order valence-electron chi connectivity index (χ3n) is 5.22. The molecule has 4 rings (SSSR count). The average Bonchev–Trinajstić information content (AvgIpc) is 3.28. The van der Waals surface area contributed by atoms with Gasteiger partial charge in [-0.2, -0.15) is 4.98 Å². The van der Waals surface area contributed by atoms with Crippen molar-refractivity contribution in [3.05, 3.63) is 60.2 Å². The molecular formula is C22H26N6O2. The highest BCUT2D eigenvalue weighted by Gasteiger charge is 2.18. The molecule has 0 spiro atoms. The summed E-state index contributed by atoms with van der Waals surface area (Å²) in [5.74, 6) is -0.0118. The first-order chi connectivity index (χ1) is 14.7. The Labute approximate surface area is 175 Å². The second-order valence-corrected chi connectivity index (χ2v) is 7.44. The number of aryl methyl sites for hydroxylation is 1. The van der Waals surface area contributed by atoms with Crippen LogP contribution in [0.3, 0.4) is 0 Å². The van der Waals surface area contributed by atoms with Crippen LogP contribution in [0.4, 0.5) is 5.69 Å². The second kappa shape index (κ2) is 9.49. The lowest BCUT2D eigenvalue weighted by molar-refractivity contribution is 0.0907. The van der Waals surface area contributed by atoms with Gasteiger partial charge in [0.15, 0.2) is 0 Å². The molecule has 1 N–H and O–H groups in total. The molecule has 8 heteroatoms. The molecular weight excluding hydrogens is 380 g/mol. The number of carbonyl (C=O) groups is 1. The predicted molar refractivity (Wildman–Crippen MR) is 114 cm³/mol. The molecule has 0 atom stereocenters. The predicted octanol–water partition coefficient (Wildman–Crippen LogP) is 2.38. The van der Waals surface area contributed by atoms with Crippen LogP contribution in [0.1, 0.15) is 22.7 Å². The largest absolute Gasteiger partial charge is 0.369 e. The topological polar surface area (TPSA) is 87.4 Å². The van der Waals surface area contributed by atoms with E-state index in [0.29, 0.717) is 17.9 Å². The van der Waals surface area contributed by atoms with Gasteiger partial charge in [-0.05, 0) is 49.7 Å². The fraction of sp³-hybridized carbons (Fsp3) is 0.364. The standard InChI is InChI=1S/C22H26N6O2/c1-17-5-2-7-19(15-17)28-13-11-27(12-14-28)10-4-9-24-21(29)22-25-20(26-30-22)18-6-3-8-23-16-18/h2-3,5-8,15-16H,4,9-14H2,1H3,(H,24,29). The molecule has 156 valence electrons. The maximum Gasteiger partial charge on any atom is 0.316 e. The zero-order chi connectivity index (χ0) is 20.8. The number of benzene rings is 1. The van der Waals surface area contributed by atoms with E-state index in [1.165, 1.54) is 11.3 Å². The second-order valence-electron chi connectivity index (χ2n) is 7.44. The fourth-order valence-electron chi connectivity index (χ4n) is 3.56. The van der Waals surface area contributed by atoms with Gasteiger partial charge < -0.3 is 14.7 Å². The molecule has 0 aliphatic carbocycles. The van der Waals surface area contributed by atoms with E-state index in [1.807, 2.05) is 6.07 Å². The number of rotatable bonds is 7. The van der Waals surface area contributed by atoms with Crippen molar-refractivity contribution in [2.45, 2.75) is 13.3 Å². The minimum atomic E-state index is -0.345. The minimum absolute atomic E-state index is 0.0272. The Kier molecular flexibility index (Phi) is 6.34. The van der Waals surface area contributed by atoms with E-state index in [1.54, 1.807) is 18.5 Å². The summed E-state index contributed by atoms with van der Waals surface area (Å²) >= 11 is 0. The molecule has 0 bridgehead atoms. The average molecular weight is 406 g/mol. The third kappa shape index (κ3) is 5.01. The van der Waals surface area contributed by atoms with Gasteiger partial charge >= 0.3 is 11.8 Å². The van der Waals surface area contributed by atoms with Crippen molar-refractivity contribution in [1.82, 2.24) is 25.3 Å². The fourth-order valence-corrected chi connectivity index (χ4v) is 3.56. The van der Waals surface area contributed by atoms with E-state index in [-0.39, 0.29) is 11.8 Å². The van der Waals surface area contributed by atoms with Crippen molar-refractivity contribution in [3.8, 4) is 11.4 Å². The Morgan fingerprint density at radius 3 is 2.80 bits per heavy atom. The summed E-state index contributed by atoms with van der Waals surface area (Å²) in [6.07, 6.45) is 4.17. The lowest BCUT2D eigenvalue weighted by Crippen LogP contribution is -2.47. The SMILES string of the molecule is Cc1cccc(N2CCN(CCCNC(=O)c3nc(-c4cccnc4)no3)CC2)c1. The van der Waals surface area contributed by atoms with Crippen molar-refractivity contribution < 1.29 is 9.32 Å². The van der Waals surface area contributed by atoms with Crippen LogP contribution in [0, 0.1) is 6.92 Å². The smallest absolute Gasteiger partial charge is 0.316 e. The van der Waals surface area contributed by atoms with Crippen molar-refractivity contribution in [3.63, 3.8) is 0 Å². The van der Waals surface area contributed by atoms with Gasteiger partial charge in [-0.3, -0.25) is 14.7 Å². The van der Waals surface area contributed by atoms with E-state index < -0.39 is 0 Å². The number of hydrogen-bond acceptors (Lipinski definition) is 7. The highest BCUT2D eigenvalue weighted by Crippen LogP contribution is 2.18. The van der Waals surface area contributed by atoms with Gasteiger partial charge in [0, 0.05) is 56.4 Å². The van der Waals surface area contributed by atoms with Crippen LogP contribution in [0.5, 0.6) is 0 Å². The maximum absolute atomic E-state index is 12.2. The Morgan fingerprint density at radius 2 is 2.03 bits per heavy atom. The highest BCUT2D eigenvalue weighted by atomic mass is 16.5. The van der Waals surface area contributed by atoms with E-state index >= 15 is 0 Å². The molecule has 1 aromatic carbocycles. The molecule has 8 nitrogen and oxygen atoms in total. The number of carbonyl (C=O) groups excluding carboxylic acids is 1. The van der Waals surface area contributed by atoms with Gasteiger partial charge in [-0.15, -0.1) is 0 Å². The van der Waals surface area contributed by atoms with E-state index in [0.717, 1.165) is 39.1 Å². The molecule has 3 heterocycles. The number of piperazine rings is 1. The Balaban J connectivity index is 1.17. The number of amides is 1. The van der Waals surface area contributed by atoms with Gasteiger partial charge in [0.25, 0.3) is 0 Å². The molecule has 1 amide bonds. The highest BCUT2D eigenvalue weighted by molar-refractivity contribution is 5.89. The van der Waals surface area contributed by atoms with Gasteiger partial charge in [-0.25, -0.2) is 0 Å². The van der Waals surface area contributed by atoms with Crippen LogP contribution in [0.2, 0.25) is 0 Å². The van der Waals surface area contributed by atoms with Crippen LogP contribution >= 0.6 is 0 Å². The van der Waals surface area contributed by atoms with Gasteiger partial charge in [-0.1, -0.05) is 17.3 Å². The quantitative estimate of drug-likeness (QED) is 0.603. The lowest BCUT2D eigenvalue weighted by atomic mass is 10.2. The lowest BCUT2D eigenvalue weighted by Gasteiger charge is -2.36. The summed E-state index contributed by atoms with van der Waals surface area (Å²) in [6.45, 7) is 7.75. The normalized spacial score (nSPS) is 14.6. The Morgan fingerprint density at radius 1 is 1.17 bits per heavy atom. The molecule has 3 aromatic rings. The first-order valence-electron chi connectivity index (χ1n) is 10.3. The van der Waals surface area contributed by atoms with Crippen molar-refractivity contribution in [2.75, 3.05) is 44.2 Å². The molecule has 2 aromatic heterocycles. The van der Waals surface area contributed by atoms with Crippen molar-refractivity contribution >= 4 is 11.6 Å². The maximum atomic E-state index is 12.2. The molecule has 0 radical (unpaired) electrons. The summed E-state index contributed by atoms with van der Waals surface area (Å²) in [7, 11) is 0. The van der Waals surface area contributed by atoms with Crippen molar-refractivity contribution in [2.24, 2.45) is 0 Å². The minimum Gasteiger partial charge on any atom is -0.369 e. The van der Waals surface area contributed by atoms with Crippen LogP contribution in [-0.2, 0) is 0 Å². The van der Waals surface area contributed by atoms with E-state index in [2.05, 4.69) is 61.4 Å². The first kappa shape index (κ1) is 20.0. The van der Waals surface area contributed by atoms with Crippen LogP contribution in [-0.4, -0.2) is 65.2 Å². The Hall–Kier alpha value is -3.26. The summed E-state index contributed by atoms with van der Waals surface area (Å²) in [4.78, 5) is 25.3. The molecule has 1 saturated heterocycles. The number of nitrogens with one attached hydrogen (secondary N) is 1. The zero-order valence-corrected chi connectivity index (χ0v) is 17.1. The number of anilines is 1. The van der Waals surface area contributed by atoms with Gasteiger partial charge in [0.2, 0.25) is 5.82 Å². The number of nitrogens with zero attached hydrogens (tertiary/aromatic N) is 5. The molecule has 30 heavy (non-hydrogen) atoms. The van der Waals surface area contributed by atoms with Crippen LogP contribution in [0.25, 0.3) is 11.4 Å². The zero-order valence-electron chi connectivity index (χ0n) is 17.1. The van der Waals surface area contributed by atoms with Gasteiger partial charge in [0.1, 0.15) is 0 Å². The van der Waals surface area contributed by atoms with Crippen LogP contribution < -0.4 is 10.2 Å². The third-order valence-corrected chi connectivity index (χ3v) is 5.22. The monoisotopic (exact) mass is 406 g/mol. The summed E-state index contributed by atoms with van der Waals surface area (Å²) in [6, 6.07) is 12.3. The molecule has 1 fully saturated rings. The Bertz CT molecular complexity index is 967. The molecule has 1 aliphatic rings. The van der Waals surface area contributed by atoms with E-state index in [4.69, 9.17) is 4.52 Å². The number of hydrogen-bond donors (Lipinski definition) is 1. The molecule has 0 unspecified atom stereocenters. The van der Waals surface area contributed by atoms with Gasteiger partial charge in [0.05, 0.1) is 0 Å². The van der Waals surface area contributed by atoms with Crippen molar-refractivity contribution in [1.29, 1.82) is 0 Å². The molecule has 1 aliphatic heterocycles. The number of aromatic nitrogens is 3. The summed E-state index contributed by atoms with van der Waals surface area (Å²) in [5, 5.41) is 6.70. The van der Waals surface area contributed by atoms with Crippen LogP contribution in [0.15, 0.2) is 53.3 Å². The molecule has 0 saturated carbocycles.